The van der Waals surface area contributed by atoms with Gasteiger partial charge in [0.05, 0.1) is 7.11 Å². The Balaban J connectivity index is 2.00. The quantitative estimate of drug-likeness (QED) is 0.757. The van der Waals surface area contributed by atoms with Crippen LogP contribution in [0, 0.1) is 0 Å². The monoisotopic (exact) mass is 304 g/mol. The molecule has 1 heterocycles. The molecule has 2 rings (SSSR count). The molecule has 0 aliphatic carbocycles. The van der Waals surface area contributed by atoms with Gasteiger partial charge in [0, 0.05) is 44.7 Å². The predicted molar refractivity (Wildman–Crippen MR) is 90.0 cm³/mol. The van der Waals surface area contributed by atoms with Gasteiger partial charge in [0.25, 0.3) is 0 Å². The van der Waals surface area contributed by atoms with Gasteiger partial charge in [-0.2, -0.15) is 0 Å². The molecule has 0 radical (unpaired) electrons. The normalized spacial score (nSPS) is 17.0. The minimum atomic E-state index is 0.241. The molecule has 22 heavy (non-hydrogen) atoms. The van der Waals surface area contributed by atoms with E-state index in [4.69, 9.17) is 4.74 Å². The van der Waals surface area contributed by atoms with Crippen LogP contribution in [0.15, 0.2) is 18.2 Å². The zero-order valence-corrected chi connectivity index (χ0v) is 14.3. The third-order valence-electron chi connectivity index (χ3n) is 4.43. The van der Waals surface area contributed by atoms with E-state index in [1.165, 1.54) is 0 Å². The highest BCUT2D eigenvalue weighted by molar-refractivity contribution is 5.98. The number of carbonyl (C=O) groups excluding carboxylic acids is 1. The van der Waals surface area contributed by atoms with E-state index in [1.54, 1.807) is 7.11 Å². The molecular weight excluding hydrogens is 276 g/mol. The topological polar surface area (TPSA) is 32.8 Å². The summed E-state index contributed by atoms with van der Waals surface area (Å²) < 4.78 is 5.28. The molecule has 0 amide bonds. The molecule has 1 aliphatic heterocycles. The van der Waals surface area contributed by atoms with E-state index in [2.05, 4.69) is 30.7 Å². The van der Waals surface area contributed by atoms with Gasteiger partial charge in [-0.1, -0.05) is 13.8 Å². The predicted octanol–water partition coefficient (Wildman–Crippen LogP) is 2.64. The van der Waals surface area contributed by atoms with Crippen molar-refractivity contribution >= 4 is 5.78 Å². The van der Waals surface area contributed by atoms with E-state index >= 15 is 0 Å². The number of Topliss-reactive ketones (excluding diaryl/α,β-unsaturated/α-hetero) is 1. The van der Waals surface area contributed by atoms with Crippen LogP contribution < -0.4 is 4.74 Å². The molecule has 4 nitrogen and oxygen atoms in total. The third-order valence-corrected chi connectivity index (χ3v) is 4.43. The second-order valence-corrected chi connectivity index (χ2v) is 6.43. The van der Waals surface area contributed by atoms with Gasteiger partial charge in [-0.15, -0.1) is 0 Å². The highest BCUT2D eigenvalue weighted by Crippen LogP contribution is 2.25. The van der Waals surface area contributed by atoms with Crippen LogP contribution in [0.25, 0.3) is 0 Å². The number of nitrogens with zero attached hydrogens (tertiary/aromatic N) is 2. The fourth-order valence-electron chi connectivity index (χ4n) is 2.87. The molecule has 1 aromatic carbocycles. The summed E-state index contributed by atoms with van der Waals surface area (Å²) in [6.45, 7) is 9.39. The van der Waals surface area contributed by atoms with E-state index in [1.807, 2.05) is 18.2 Å². The Hall–Kier alpha value is -1.39. The van der Waals surface area contributed by atoms with Gasteiger partial charge >= 0.3 is 0 Å². The molecule has 4 heteroatoms. The number of ketones is 1. The molecule has 1 saturated heterocycles. The summed E-state index contributed by atoms with van der Waals surface area (Å²) in [6.07, 6.45) is 0.593. The Bertz CT molecular complexity index is 506. The van der Waals surface area contributed by atoms with Crippen LogP contribution in [0.5, 0.6) is 5.75 Å². The molecule has 0 N–H and O–H groups in total. The first kappa shape index (κ1) is 17.0. The van der Waals surface area contributed by atoms with Gasteiger partial charge in [-0.3, -0.25) is 4.79 Å². The summed E-state index contributed by atoms with van der Waals surface area (Å²) >= 11 is 0. The van der Waals surface area contributed by atoms with Gasteiger partial charge in [0.1, 0.15) is 5.75 Å². The van der Waals surface area contributed by atoms with Crippen LogP contribution in [0.1, 0.15) is 42.1 Å². The lowest BCUT2D eigenvalue weighted by Gasteiger charge is -2.32. The van der Waals surface area contributed by atoms with Crippen LogP contribution in [0.3, 0.4) is 0 Å². The van der Waals surface area contributed by atoms with Crippen molar-refractivity contribution in [3.8, 4) is 5.75 Å². The van der Waals surface area contributed by atoms with Crippen LogP contribution >= 0.6 is 0 Å². The Labute approximate surface area is 134 Å². The van der Waals surface area contributed by atoms with Crippen molar-refractivity contribution < 1.29 is 9.53 Å². The van der Waals surface area contributed by atoms with Gasteiger partial charge in [-0.05, 0) is 36.7 Å². The smallest absolute Gasteiger partial charge is 0.164 e. The van der Waals surface area contributed by atoms with Gasteiger partial charge < -0.3 is 14.5 Å². The highest BCUT2D eigenvalue weighted by Gasteiger charge is 2.18. The lowest BCUT2D eigenvalue weighted by molar-refractivity contribution is 0.0940. The third kappa shape index (κ3) is 4.31. The fraction of sp³-hybridized carbons (Fsp3) is 0.611. The van der Waals surface area contributed by atoms with E-state index in [0.717, 1.165) is 49.6 Å². The number of ether oxygens (including phenoxy) is 1. The summed E-state index contributed by atoms with van der Waals surface area (Å²) in [7, 11) is 3.81. The number of hydrogen-bond acceptors (Lipinski definition) is 4. The summed E-state index contributed by atoms with van der Waals surface area (Å²) in [5, 5.41) is 0. The summed E-state index contributed by atoms with van der Waals surface area (Å²) in [5.41, 5.74) is 1.94. The number of methoxy groups -OCH3 is 1. The van der Waals surface area contributed by atoms with Crippen molar-refractivity contribution in [1.82, 2.24) is 9.80 Å². The lowest BCUT2D eigenvalue weighted by atomic mass is 9.93. The molecule has 1 aliphatic rings. The minimum absolute atomic E-state index is 0.241. The van der Waals surface area contributed by atoms with Crippen molar-refractivity contribution in [3.05, 3.63) is 29.3 Å². The summed E-state index contributed by atoms with van der Waals surface area (Å²) in [6, 6.07) is 5.79. The first-order chi connectivity index (χ1) is 10.5. The van der Waals surface area contributed by atoms with E-state index in [0.29, 0.717) is 12.3 Å². The van der Waals surface area contributed by atoms with Gasteiger partial charge in [0.2, 0.25) is 0 Å². The molecular formula is C18H28N2O2. The van der Waals surface area contributed by atoms with Gasteiger partial charge in [-0.25, -0.2) is 0 Å². The first-order valence-corrected chi connectivity index (χ1v) is 8.13. The average Bonchev–Trinajstić information content (AvgIpc) is 2.53. The summed E-state index contributed by atoms with van der Waals surface area (Å²) in [5.74, 6) is 1.38. The second-order valence-electron chi connectivity index (χ2n) is 6.43. The molecule has 0 unspecified atom stereocenters. The number of piperazine rings is 1. The van der Waals surface area contributed by atoms with Gasteiger partial charge in [0.15, 0.2) is 5.78 Å². The zero-order chi connectivity index (χ0) is 16.1. The standard InChI is InChI=1S/C18H28N2O2/c1-14(2)17-13-15(22-4)5-6-16(17)18(21)7-8-20-11-9-19(3)10-12-20/h5-6,13-14H,7-12H2,1-4H3. The Morgan fingerprint density at radius 3 is 2.50 bits per heavy atom. The molecule has 0 spiro atoms. The van der Waals surface area contributed by atoms with E-state index in [-0.39, 0.29) is 5.78 Å². The maximum atomic E-state index is 12.6. The first-order valence-electron chi connectivity index (χ1n) is 8.13. The van der Waals surface area contributed by atoms with Crippen molar-refractivity contribution in [2.75, 3.05) is 46.9 Å². The minimum Gasteiger partial charge on any atom is -0.497 e. The molecule has 0 aromatic heterocycles. The number of carbonyl (C=O) groups is 1. The van der Waals surface area contributed by atoms with Crippen LogP contribution in [0.2, 0.25) is 0 Å². The number of likely N-dealkylation sites (N-methyl/N-ethyl adjacent to an activating group) is 1. The maximum absolute atomic E-state index is 12.6. The number of benzene rings is 1. The zero-order valence-electron chi connectivity index (χ0n) is 14.3. The SMILES string of the molecule is COc1ccc(C(=O)CCN2CCN(C)CC2)c(C(C)C)c1. The van der Waals surface area contributed by atoms with Crippen LogP contribution in [-0.4, -0.2) is 62.5 Å². The van der Waals surface area contributed by atoms with Crippen LogP contribution in [-0.2, 0) is 0 Å². The number of rotatable bonds is 6. The Kier molecular flexibility index (Phi) is 5.98. The molecule has 1 fully saturated rings. The van der Waals surface area contributed by atoms with Crippen molar-refractivity contribution in [3.63, 3.8) is 0 Å². The Morgan fingerprint density at radius 1 is 1.23 bits per heavy atom. The molecule has 0 saturated carbocycles. The van der Waals surface area contributed by atoms with Crippen molar-refractivity contribution in [2.24, 2.45) is 0 Å². The van der Waals surface area contributed by atoms with E-state index < -0.39 is 0 Å². The second kappa shape index (κ2) is 7.75. The molecule has 122 valence electrons. The Morgan fingerprint density at radius 2 is 1.91 bits per heavy atom. The average molecular weight is 304 g/mol. The maximum Gasteiger partial charge on any atom is 0.164 e. The fourth-order valence-corrected chi connectivity index (χ4v) is 2.87. The highest BCUT2D eigenvalue weighted by atomic mass is 16.5. The van der Waals surface area contributed by atoms with Crippen molar-refractivity contribution in [1.29, 1.82) is 0 Å². The van der Waals surface area contributed by atoms with Crippen LogP contribution in [0.4, 0.5) is 0 Å². The van der Waals surface area contributed by atoms with Crippen molar-refractivity contribution in [2.45, 2.75) is 26.2 Å². The number of hydrogen-bond donors (Lipinski definition) is 0. The molecule has 1 aromatic rings. The van der Waals surface area contributed by atoms with E-state index in [9.17, 15) is 4.79 Å². The molecule has 0 bridgehead atoms. The largest absolute Gasteiger partial charge is 0.497 e. The summed E-state index contributed by atoms with van der Waals surface area (Å²) in [4.78, 5) is 17.3. The molecule has 0 atom stereocenters. The lowest BCUT2D eigenvalue weighted by Crippen LogP contribution is -2.45.